The molecule has 80 valence electrons. The van der Waals surface area contributed by atoms with Gasteiger partial charge in [0.1, 0.15) is 0 Å². The summed E-state index contributed by atoms with van der Waals surface area (Å²) >= 11 is 0. The van der Waals surface area contributed by atoms with Crippen LogP contribution in [0.15, 0.2) is 23.3 Å². The van der Waals surface area contributed by atoms with Crippen molar-refractivity contribution in [1.82, 2.24) is 19.7 Å². The molecule has 2 aromatic heterocycles. The van der Waals surface area contributed by atoms with E-state index in [2.05, 4.69) is 15.0 Å². The molecular formula is C10H14N4O. The lowest BCUT2D eigenvalue weighted by Gasteiger charge is -2.08. The number of aromatic nitrogens is 3. The van der Waals surface area contributed by atoms with E-state index in [1.807, 2.05) is 20.2 Å². The summed E-state index contributed by atoms with van der Waals surface area (Å²) < 4.78 is 1.81. The van der Waals surface area contributed by atoms with Crippen LogP contribution in [0.3, 0.4) is 0 Å². The predicted octanol–water partition coefficient (Wildman–Crippen LogP) is 0.286. The average molecular weight is 206 g/mol. The molecule has 2 rings (SSSR count). The summed E-state index contributed by atoms with van der Waals surface area (Å²) in [6, 6.07) is 1.81. The second kappa shape index (κ2) is 3.86. The van der Waals surface area contributed by atoms with Crippen molar-refractivity contribution in [3.05, 3.63) is 28.8 Å². The molecule has 0 spiro atoms. The first-order valence-corrected chi connectivity index (χ1v) is 4.86. The number of pyridine rings is 1. The fourth-order valence-electron chi connectivity index (χ4n) is 1.43. The second-order valence-electron chi connectivity index (χ2n) is 3.80. The maximum absolute atomic E-state index is 11.4. The van der Waals surface area contributed by atoms with Crippen LogP contribution in [0.1, 0.15) is 0 Å². The number of nitrogens with one attached hydrogen (secondary N) is 1. The Morgan fingerprint density at radius 1 is 1.53 bits per heavy atom. The molecule has 0 atom stereocenters. The molecule has 0 aliphatic heterocycles. The van der Waals surface area contributed by atoms with Crippen LogP contribution in [-0.2, 0) is 6.54 Å². The third-order valence-corrected chi connectivity index (χ3v) is 2.27. The molecule has 0 fully saturated rings. The molecule has 0 aliphatic rings. The number of nitrogens with zero attached hydrogens (tertiary/aromatic N) is 3. The molecule has 2 heterocycles. The summed E-state index contributed by atoms with van der Waals surface area (Å²) in [5.41, 5.74) is 0.668. The fraction of sp³-hybridized carbons (Fsp3) is 0.400. The fourth-order valence-corrected chi connectivity index (χ4v) is 1.43. The zero-order valence-corrected chi connectivity index (χ0v) is 8.90. The molecule has 0 saturated carbocycles. The molecule has 0 unspecified atom stereocenters. The SMILES string of the molecule is CN(C)CCn1cc2c(=O)[nH]ccc2n1. The Labute approximate surface area is 87.3 Å². The minimum absolute atomic E-state index is 0.0800. The van der Waals surface area contributed by atoms with E-state index < -0.39 is 0 Å². The van der Waals surface area contributed by atoms with E-state index in [1.54, 1.807) is 17.1 Å². The number of aromatic amines is 1. The third-order valence-electron chi connectivity index (χ3n) is 2.27. The Bertz CT molecular complexity index is 511. The van der Waals surface area contributed by atoms with E-state index in [1.165, 1.54) is 0 Å². The van der Waals surface area contributed by atoms with Gasteiger partial charge < -0.3 is 9.88 Å². The molecule has 0 radical (unpaired) electrons. The first-order valence-electron chi connectivity index (χ1n) is 4.86. The van der Waals surface area contributed by atoms with Gasteiger partial charge in [-0.3, -0.25) is 9.48 Å². The Morgan fingerprint density at radius 2 is 2.33 bits per heavy atom. The Morgan fingerprint density at radius 3 is 3.00 bits per heavy atom. The number of fused-ring (bicyclic) bond motifs is 1. The van der Waals surface area contributed by atoms with Crippen molar-refractivity contribution in [1.29, 1.82) is 0 Å². The van der Waals surface area contributed by atoms with Gasteiger partial charge in [-0.15, -0.1) is 0 Å². The minimum Gasteiger partial charge on any atom is -0.328 e. The molecule has 5 nitrogen and oxygen atoms in total. The van der Waals surface area contributed by atoms with Gasteiger partial charge in [0.05, 0.1) is 17.4 Å². The number of rotatable bonds is 3. The van der Waals surface area contributed by atoms with E-state index in [9.17, 15) is 4.79 Å². The smallest absolute Gasteiger partial charge is 0.259 e. The highest BCUT2D eigenvalue weighted by molar-refractivity contribution is 5.76. The van der Waals surface area contributed by atoms with Gasteiger partial charge in [0.2, 0.25) is 0 Å². The van der Waals surface area contributed by atoms with Crippen molar-refractivity contribution in [2.45, 2.75) is 6.54 Å². The van der Waals surface area contributed by atoms with Crippen LogP contribution in [0.2, 0.25) is 0 Å². The first kappa shape index (κ1) is 9.92. The van der Waals surface area contributed by atoms with Crippen LogP contribution in [0.4, 0.5) is 0 Å². The van der Waals surface area contributed by atoms with Gasteiger partial charge in [0.15, 0.2) is 0 Å². The monoisotopic (exact) mass is 206 g/mol. The molecule has 15 heavy (non-hydrogen) atoms. The quantitative estimate of drug-likeness (QED) is 0.785. The highest BCUT2D eigenvalue weighted by Crippen LogP contribution is 2.04. The summed E-state index contributed by atoms with van der Waals surface area (Å²) in [7, 11) is 4.02. The Hall–Kier alpha value is -1.62. The molecule has 0 amide bonds. The van der Waals surface area contributed by atoms with Crippen molar-refractivity contribution >= 4 is 10.9 Å². The summed E-state index contributed by atoms with van der Waals surface area (Å²) in [4.78, 5) is 16.1. The molecule has 0 saturated heterocycles. The van der Waals surface area contributed by atoms with Crippen LogP contribution in [-0.4, -0.2) is 40.3 Å². The number of H-pyrrole nitrogens is 1. The van der Waals surface area contributed by atoms with Crippen LogP contribution in [0.5, 0.6) is 0 Å². The van der Waals surface area contributed by atoms with Crippen LogP contribution in [0.25, 0.3) is 10.9 Å². The maximum Gasteiger partial charge on any atom is 0.259 e. The van der Waals surface area contributed by atoms with Crippen LogP contribution in [0, 0.1) is 0 Å². The second-order valence-corrected chi connectivity index (χ2v) is 3.80. The maximum atomic E-state index is 11.4. The van der Waals surface area contributed by atoms with E-state index in [-0.39, 0.29) is 5.56 Å². The summed E-state index contributed by atoms with van der Waals surface area (Å²) in [6.07, 6.45) is 3.41. The van der Waals surface area contributed by atoms with Gasteiger partial charge in [0, 0.05) is 18.9 Å². The van der Waals surface area contributed by atoms with Crippen molar-refractivity contribution in [3.63, 3.8) is 0 Å². The predicted molar refractivity (Wildman–Crippen MR) is 58.9 cm³/mol. The van der Waals surface area contributed by atoms with Crippen LogP contribution < -0.4 is 5.56 Å². The van der Waals surface area contributed by atoms with E-state index >= 15 is 0 Å². The van der Waals surface area contributed by atoms with Crippen LogP contribution >= 0.6 is 0 Å². The lowest BCUT2D eigenvalue weighted by atomic mass is 10.3. The largest absolute Gasteiger partial charge is 0.328 e. The number of hydrogen-bond donors (Lipinski definition) is 1. The van der Waals surface area contributed by atoms with Crippen molar-refractivity contribution in [2.75, 3.05) is 20.6 Å². The Balaban J connectivity index is 2.31. The molecule has 0 aromatic carbocycles. The van der Waals surface area contributed by atoms with Gasteiger partial charge in [-0.1, -0.05) is 0 Å². The standard InChI is InChI=1S/C10H14N4O/c1-13(2)5-6-14-7-8-9(12-14)3-4-11-10(8)15/h3-4,7H,5-6H2,1-2H3,(H,11,15). The summed E-state index contributed by atoms with van der Waals surface area (Å²) in [5, 5.41) is 4.96. The van der Waals surface area contributed by atoms with Crippen molar-refractivity contribution in [3.8, 4) is 0 Å². The number of hydrogen-bond acceptors (Lipinski definition) is 3. The van der Waals surface area contributed by atoms with Gasteiger partial charge in [0.25, 0.3) is 5.56 Å². The summed E-state index contributed by atoms with van der Waals surface area (Å²) in [5.74, 6) is 0. The number of likely N-dealkylation sites (N-methyl/N-ethyl adjacent to an activating group) is 1. The highest BCUT2D eigenvalue weighted by Gasteiger charge is 2.03. The molecule has 1 N–H and O–H groups in total. The van der Waals surface area contributed by atoms with E-state index in [0.29, 0.717) is 5.39 Å². The zero-order valence-electron chi connectivity index (χ0n) is 8.90. The van der Waals surface area contributed by atoms with Gasteiger partial charge in [-0.05, 0) is 20.2 Å². The van der Waals surface area contributed by atoms with E-state index in [0.717, 1.165) is 18.6 Å². The topological polar surface area (TPSA) is 53.9 Å². The lowest BCUT2D eigenvalue weighted by molar-refractivity contribution is 0.374. The minimum atomic E-state index is -0.0800. The molecule has 0 aliphatic carbocycles. The normalized spacial score (nSPS) is 11.4. The Kier molecular flexibility index (Phi) is 2.55. The summed E-state index contributed by atoms with van der Waals surface area (Å²) in [6.45, 7) is 1.70. The highest BCUT2D eigenvalue weighted by atomic mass is 16.1. The van der Waals surface area contributed by atoms with Gasteiger partial charge >= 0.3 is 0 Å². The van der Waals surface area contributed by atoms with Crippen molar-refractivity contribution < 1.29 is 0 Å². The average Bonchev–Trinajstić information content (AvgIpc) is 2.59. The van der Waals surface area contributed by atoms with E-state index in [4.69, 9.17) is 0 Å². The van der Waals surface area contributed by atoms with Crippen molar-refractivity contribution in [2.24, 2.45) is 0 Å². The molecule has 5 heteroatoms. The molecular weight excluding hydrogens is 192 g/mol. The lowest BCUT2D eigenvalue weighted by Crippen LogP contribution is -2.18. The third kappa shape index (κ3) is 2.07. The van der Waals surface area contributed by atoms with Gasteiger partial charge in [-0.2, -0.15) is 5.10 Å². The molecule has 0 bridgehead atoms. The van der Waals surface area contributed by atoms with Gasteiger partial charge in [-0.25, -0.2) is 0 Å². The zero-order chi connectivity index (χ0) is 10.8. The first-order chi connectivity index (χ1) is 7.16. The molecule has 2 aromatic rings.